The molecule has 0 bridgehead atoms. The normalized spacial score (nSPS) is 15.6. The molecular formula is C20H25ClIN5O2. The zero-order chi connectivity index (χ0) is 19.8. The highest BCUT2D eigenvalue weighted by molar-refractivity contribution is 14.0. The van der Waals surface area contributed by atoms with Crippen molar-refractivity contribution >= 4 is 53.1 Å². The quantitative estimate of drug-likeness (QED) is 0.221. The van der Waals surface area contributed by atoms with E-state index in [1.54, 1.807) is 18.3 Å². The maximum atomic E-state index is 12.0. The van der Waals surface area contributed by atoms with Crippen molar-refractivity contribution in [1.82, 2.24) is 15.6 Å². The third-order valence-corrected chi connectivity index (χ3v) is 4.49. The van der Waals surface area contributed by atoms with Gasteiger partial charge in [-0.25, -0.2) is 4.98 Å². The Hall–Kier alpha value is -2.07. The SMILES string of the molecule is CCNC(=NCC1CC(=O)Nc2ccccc21)NCCOc1ccc(Cl)cn1.I. The number of ether oxygens (including phenoxy) is 1. The second-order valence-electron chi connectivity index (χ2n) is 6.35. The zero-order valence-electron chi connectivity index (χ0n) is 16.2. The van der Waals surface area contributed by atoms with Gasteiger partial charge in [-0.1, -0.05) is 29.8 Å². The number of carbonyl (C=O) groups excluding carboxylic acids is 1. The van der Waals surface area contributed by atoms with Gasteiger partial charge in [0.25, 0.3) is 0 Å². The number of halogens is 2. The molecule has 1 aromatic carbocycles. The molecule has 0 saturated heterocycles. The molecule has 1 amide bonds. The standard InChI is InChI=1S/C20H24ClN5O2.HI/c1-2-22-20(23-9-10-28-19-8-7-15(21)13-24-19)25-12-14-11-18(27)26-17-6-4-3-5-16(14)17;/h3-8,13-14H,2,9-12H2,1H3,(H,26,27)(H2,22,23,25);1H. The molecule has 2 aromatic rings. The van der Waals surface area contributed by atoms with Crippen LogP contribution in [0.5, 0.6) is 5.88 Å². The maximum Gasteiger partial charge on any atom is 0.225 e. The van der Waals surface area contributed by atoms with Gasteiger partial charge in [-0.15, -0.1) is 24.0 Å². The van der Waals surface area contributed by atoms with Crippen LogP contribution < -0.4 is 20.7 Å². The molecule has 9 heteroatoms. The van der Waals surface area contributed by atoms with Crippen LogP contribution in [0, 0.1) is 0 Å². The van der Waals surface area contributed by atoms with Crippen molar-refractivity contribution in [3.8, 4) is 5.88 Å². The van der Waals surface area contributed by atoms with Crippen LogP contribution in [0.2, 0.25) is 5.02 Å². The van der Waals surface area contributed by atoms with Gasteiger partial charge >= 0.3 is 0 Å². The summed E-state index contributed by atoms with van der Waals surface area (Å²) >= 11 is 5.81. The lowest BCUT2D eigenvalue weighted by Gasteiger charge is -2.24. The highest BCUT2D eigenvalue weighted by atomic mass is 127. The van der Waals surface area contributed by atoms with E-state index in [1.165, 1.54) is 0 Å². The number of nitrogens with one attached hydrogen (secondary N) is 3. The number of para-hydroxylation sites is 1. The second-order valence-corrected chi connectivity index (χ2v) is 6.78. The summed E-state index contributed by atoms with van der Waals surface area (Å²) in [5.74, 6) is 1.31. The number of rotatable bonds is 7. The summed E-state index contributed by atoms with van der Waals surface area (Å²) < 4.78 is 5.58. The average Bonchev–Trinajstić information content (AvgIpc) is 2.70. The van der Waals surface area contributed by atoms with Gasteiger partial charge in [0.05, 0.1) is 18.1 Å². The maximum absolute atomic E-state index is 12.0. The highest BCUT2D eigenvalue weighted by Gasteiger charge is 2.24. The zero-order valence-corrected chi connectivity index (χ0v) is 19.2. The predicted octanol–water partition coefficient (Wildman–Crippen LogP) is 3.41. The van der Waals surface area contributed by atoms with Gasteiger partial charge in [-0.05, 0) is 24.6 Å². The minimum absolute atomic E-state index is 0. The highest BCUT2D eigenvalue weighted by Crippen LogP contribution is 2.31. The molecule has 3 N–H and O–H groups in total. The van der Waals surface area contributed by atoms with E-state index < -0.39 is 0 Å². The fourth-order valence-electron chi connectivity index (χ4n) is 2.98. The Morgan fingerprint density at radius 3 is 2.90 bits per heavy atom. The van der Waals surface area contributed by atoms with Crippen molar-refractivity contribution in [2.24, 2.45) is 4.99 Å². The van der Waals surface area contributed by atoms with Crippen molar-refractivity contribution < 1.29 is 9.53 Å². The Kier molecular flexibility index (Phi) is 9.46. The molecule has 1 aromatic heterocycles. The van der Waals surface area contributed by atoms with E-state index in [9.17, 15) is 4.79 Å². The van der Waals surface area contributed by atoms with Crippen LogP contribution in [0.1, 0.15) is 24.8 Å². The molecule has 1 aliphatic rings. The van der Waals surface area contributed by atoms with Crippen molar-refractivity contribution in [2.75, 3.05) is 31.6 Å². The molecule has 1 unspecified atom stereocenters. The summed E-state index contributed by atoms with van der Waals surface area (Å²) in [5.41, 5.74) is 2.00. The van der Waals surface area contributed by atoms with E-state index in [0.717, 1.165) is 17.8 Å². The number of guanidine groups is 1. The van der Waals surface area contributed by atoms with E-state index in [0.29, 0.717) is 43.0 Å². The van der Waals surface area contributed by atoms with Crippen molar-refractivity contribution in [2.45, 2.75) is 19.3 Å². The van der Waals surface area contributed by atoms with E-state index >= 15 is 0 Å². The van der Waals surface area contributed by atoms with Gasteiger partial charge in [0.2, 0.25) is 11.8 Å². The molecule has 156 valence electrons. The summed E-state index contributed by atoms with van der Waals surface area (Å²) in [4.78, 5) is 20.7. The molecular weight excluding hydrogens is 505 g/mol. The number of hydrogen-bond donors (Lipinski definition) is 3. The Labute approximate surface area is 192 Å². The van der Waals surface area contributed by atoms with Crippen LogP contribution in [-0.2, 0) is 4.79 Å². The molecule has 1 atom stereocenters. The molecule has 0 fully saturated rings. The number of hydrogen-bond acceptors (Lipinski definition) is 4. The van der Waals surface area contributed by atoms with Gasteiger partial charge in [0, 0.05) is 36.8 Å². The van der Waals surface area contributed by atoms with Crippen LogP contribution in [0.25, 0.3) is 0 Å². The summed E-state index contributed by atoms with van der Waals surface area (Å²) in [6.07, 6.45) is 1.99. The first kappa shape index (κ1) is 23.2. The Bertz CT molecular complexity index is 832. The first-order valence-corrected chi connectivity index (χ1v) is 9.69. The topological polar surface area (TPSA) is 87.6 Å². The molecule has 0 aliphatic carbocycles. The number of benzene rings is 1. The Morgan fingerprint density at radius 2 is 2.14 bits per heavy atom. The second kappa shape index (κ2) is 11.8. The Morgan fingerprint density at radius 1 is 1.31 bits per heavy atom. The lowest BCUT2D eigenvalue weighted by Crippen LogP contribution is -2.39. The molecule has 2 heterocycles. The lowest BCUT2D eigenvalue weighted by atomic mass is 9.91. The smallest absolute Gasteiger partial charge is 0.225 e. The first-order valence-electron chi connectivity index (χ1n) is 9.31. The number of nitrogens with zero attached hydrogens (tertiary/aromatic N) is 2. The molecule has 7 nitrogen and oxygen atoms in total. The molecule has 0 radical (unpaired) electrons. The van der Waals surface area contributed by atoms with Crippen molar-refractivity contribution in [3.05, 3.63) is 53.2 Å². The van der Waals surface area contributed by atoms with Crippen LogP contribution >= 0.6 is 35.6 Å². The number of fused-ring (bicyclic) bond motifs is 1. The Balaban J connectivity index is 0.00000300. The van der Waals surface area contributed by atoms with E-state index in [2.05, 4.69) is 25.9 Å². The van der Waals surface area contributed by atoms with Gasteiger partial charge in [0.1, 0.15) is 6.61 Å². The third kappa shape index (κ3) is 7.04. The van der Waals surface area contributed by atoms with Crippen LogP contribution in [0.4, 0.5) is 5.69 Å². The predicted molar refractivity (Wildman–Crippen MR) is 127 cm³/mol. The van der Waals surface area contributed by atoms with Crippen LogP contribution in [0.3, 0.4) is 0 Å². The molecule has 3 rings (SSSR count). The number of aliphatic imine (C=N–C) groups is 1. The van der Waals surface area contributed by atoms with Crippen LogP contribution in [-0.4, -0.2) is 43.1 Å². The fourth-order valence-corrected chi connectivity index (χ4v) is 3.09. The summed E-state index contributed by atoms with van der Waals surface area (Å²) in [5, 5.41) is 9.94. The van der Waals surface area contributed by atoms with E-state index in [4.69, 9.17) is 16.3 Å². The largest absolute Gasteiger partial charge is 0.476 e. The minimum Gasteiger partial charge on any atom is -0.476 e. The summed E-state index contributed by atoms with van der Waals surface area (Å²) in [7, 11) is 0. The third-order valence-electron chi connectivity index (χ3n) is 4.27. The number of amides is 1. The van der Waals surface area contributed by atoms with Gasteiger partial charge in [-0.2, -0.15) is 0 Å². The minimum atomic E-state index is 0. The van der Waals surface area contributed by atoms with Gasteiger partial charge in [-0.3, -0.25) is 9.79 Å². The number of aromatic nitrogens is 1. The van der Waals surface area contributed by atoms with Gasteiger partial charge < -0.3 is 20.7 Å². The molecule has 1 aliphatic heterocycles. The first-order chi connectivity index (χ1) is 13.7. The van der Waals surface area contributed by atoms with Gasteiger partial charge in [0.15, 0.2) is 5.96 Å². The summed E-state index contributed by atoms with van der Waals surface area (Å²) in [6.45, 7) is 4.28. The molecule has 0 spiro atoms. The van der Waals surface area contributed by atoms with E-state index in [-0.39, 0.29) is 35.8 Å². The van der Waals surface area contributed by atoms with Crippen molar-refractivity contribution in [1.29, 1.82) is 0 Å². The average molecular weight is 530 g/mol. The summed E-state index contributed by atoms with van der Waals surface area (Å²) in [6, 6.07) is 11.3. The fraction of sp³-hybridized carbons (Fsp3) is 0.350. The molecule has 29 heavy (non-hydrogen) atoms. The molecule has 0 saturated carbocycles. The lowest BCUT2D eigenvalue weighted by molar-refractivity contribution is -0.116. The van der Waals surface area contributed by atoms with Crippen LogP contribution in [0.15, 0.2) is 47.6 Å². The van der Waals surface area contributed by atoms with E-state index in [1.807, 2.05) is 31.2 Å². The monoisotopic (exact) mass is 529 g/mol. The number of anilines is 1. The van der Waals surface area contributed by atoms with Crippen molar-refractivity contribution in [3.63, 3.8) is 0 Å². The number of carbonyl (C=O) groups is 1. The number of pyridine rings is 1.